The number of rotatable bonds is 3. The summed E-state index contributed by atoms with van der Waals surface area (Å²) in [6.45, 7) is 5.03. The summed E-state index contributed by atoms with van der Waals surface area (Å²) in [5.74, 6) is 0.0920. The van der Waals surface area contributed by atoms with Crippen LogP contribution in [0.2, 0.25) is 0 Å². The van der Waals surface area contributed by atoms with Crippen LogP contribution in [0.25, 0.3) is 0 Å². The van der Waals surface area contributed by atoms with Crippen molar-refractivity contribution in [3.63, 3.8) is 0 Å². The van der Waals surface area contributed by atoms with Gasteiger partial charge in [-0.05, 0) is 37.8 Å². The molecule has 0 spiro atoms. The highest BCUT2D eigenvalue weighted by Gasteiger charge is 2.29. The standard InChI is InChI=1S/C13H19NO2S/c1-3-10-7-12(17-9(10)2)13(16)14-6-4-5-11(14)8-15/h7,11,15H,3-6,8H2,1-2H3/t11-/m1/s1. The van der Waals surface area contributed by atoms with Crippen molar-refractivity contribution in [2.24, 2.45) is 0 Å². The van der Waals surface area contributed by atoms with Crippen molar-refractivity contribution in [1.82, 2.24) is 4.90 Å². The number of nitrogens with zero attached hydrogens (tertiary/aromatic N) is 1. The van der Waals surface area contributed by atoms with Gasteiger partial charge in [0, 0.05) is 11.4 Å². The summed E-state index contributed by atoms with van der Waals surface area (Å²) in [5, 5.41) is 9.25. The number of aliphatic hydroxyl groups is 1. The molecule has 1 atom stereocenters. The van der Waals surface area contributed by atoms with Crippen LogP contribution >= 0.6 is 11.3 Å². The van der Waals surface area contributed by atoms with Crippen LogP contribution in [0.4, 0.5) is 0 Å². The Labute approximate surface area is 106 Å². The van der Waals surface area contributed by atoms with E-state index in [4.69, 9.17) is 0 Å². The van der Waals surface area contributed by atoms with Crippen molar-refractivity contribution in [2.75, 3.05) is 13.2 Å². The van der Waals surface area contributed by atoms with E-state index in [1.807, 2.05) is 11.0 Å². The molecule has 1 aromatic rings. The number of aryl methyl sites for hydroxylation is 2. The summed E-state index contributed by atoms with van der Waals surface area (Å²) >= 11 is 1.57. The number of carbonyl (C=O) groups excluding carboxylic acids is 1. The predicted octanol–water partition coefficient (Wildman–Crippen LogP) is 2.22. The van der Waals surface area contributed by atoms with Gasteiger partial charge in [0.25, 0.3) is 5.91 Å². The number of aliphatic hydroxyl groups excluding tert-OH is 1. The minimum atomic E-state index is 0.0231. The lowest BCUT2D eigenvalue weighted by atomic mass is 10.2. The fraction of sp³-hybridized carbons (Fsp3) is 0.615. The van der Waals surface area contributed by atoms with Gasteiger partial charge in [-0.1, -0.05) is 6.92 Å². The van der Waals surface area contributed by atoms with Crippen molar-refractivity contribution in [1.29, 1.82) is 0 Å². The second-order valence-electron chi connectivity index (χ2n) is 4.52. The van der Waals surface area contributed by atoms with E-state index < -0.39 is 0 Å². The third kappa shape index (κ3) is 2.38. The normalized spacial score (nSPS) is 19.9. The Morgan fingerprint density at radius 1 is 1.65 bits per heavy atom. The average molecular weight is 253 g/mol. The molecule has 0 aliphatic carbocycles. The fourth-order valence-electron chi connectivity index (χ4n) is 2.41. The number of amides is 1. The lowest BCUT2D eigenvalue weighted by Crippen LogP contribution is -2.37. The van der Waals surface area contributed by atoms with Gasteiger partial charge in [-0.25, -0.2) is 0 Å². The van der Waals surface area contributed by atoms with Gasteiger partial charge in [0.15, 0.2) is 0 Å². The van der Waals surface area contributed by atoms with Gasteiger partial charge < -0.3 is 10.0 Å². The zero-order chi connectivity index (χ0) is 12.4. The van der Waals surface area contributed by atoms with Crippen molar-refractivity contribution in [3.8, 4) is 0 Å². The van der Waals surface area contributed by atoms with Crippen LogP contribution in [0.3, 0.4) is 0 Å². The van der Waals surface area contributed by atoms with E-state index in [1.54, 1.807) is 11.3 Å². The van der Waals surface area contributed by atoms with Crippen LogP contribution in [0.15, 0.2) is 6.07 Å². The molecular weight excluding hydrogens is 234 g/mol. The highest BCUT2D eigenvalue weighted by molar-refractivity contribution is 7.14. The molecule has 1 aliphatic rings. The lowest BCUT2D eigenvalue weighted by molar-refractivity contribution is 0.0682. The first kappa shape index (κ1) is 12.6. The maximum absolute atomic E-state index is 12.3. The Bertz CT molecular complexity index is 414. The maximum atomic E-state index is 12.3. The first-order chi connectivity index (χ1) is 8.17. The van der Waals surface area contributed by atoms with E-state index in [1.165, 1.54) is 10.4 Å². The van der Waals surface area contributed by atoms with E-state index >= 15 is 0 Å². The molecule has 1 amide bonds. The number of carbonyl (C=O) groups is 1. The minimum Gasteiger partial charge on any atom is -0.394 e. The maximum Gasteiger partial charge on any atom is 0.264 e. The van der Waals surface area contributed by atoms with Gasteiger partial charge in [-0.3, -0.25) is 4.79 Å². The fourth-order valence-corrected chi connectivity index (χ4v) is 3.48. The number of likely N-dealkylation sites (tertiary alicyclic amines) is 1. The van der Waals surface area contributed by atoms with E-state index in [9.17, 15) is 9.90 Å². The smallest absolute Gasteiger partial charge is 0.264 e. The summed E-state index contributed by atoms with van der Waals surface area (Å²) in [6, 6.07) is 2.03. The Kier molecular flexibility index (Phi) is 3.84. The van der Waals surface area contributed by atoms with Gasteiger partial charge in [-0.15, -0.1) is 11.3 Å². The Morgan fingerprint density at radius 3 is 3.00 bits per heavy atom. The zero-order valence-electron chi connectivity index (χ0n) is 10.4. The molecule has 0 bridgehead atoms. The van der Waals surface area contributed by atoms with Gasteiger partial charge in [0.1, 0.15) is 0 Å². The van der Waals surface area contributed by atoms with Crippen LogP contribution in [-0.2, 0) is 6.42 Å². The predicted molar refractivity (Wildman–Crippen MR) is 69.6 cm³/mol. The van der Waals surface area contributed by atoms with Crippen LogP contribution < -0.4 is 0 Å². The molecule has 0 aromatic carbocycles. The van der Waals surface area contributed by atoms with E-state index in [0.29, 0.717) is 0 Å². The first-order valence-corrected chi connectivity index (χ1v) is 7.00. The third-order valence-electron chi connectivity index (χ3n) is 3.46. The number of hydrogen-bond donors (Lipinski definition) is 1. The highest BCUT2D eigenvalue weighted by atomic mass is 32.1. The molecule has 0 saturated carbocycles. The largest absolute Gasteiger partial charge is 0.394 e. The van der Waals surface area contributed by atoms with Crippen LogP contribution in [-0.4, -0.2) is 35.1 Å². The summed E-state index contributed by atoms with van der Waals surface area (Å²) < 4.78 is 0. The molecule has 1 aliphatic heterocycles. The van der Waals surface area contributed by atoms with Gasteiger partial charge in [0.05, 0.1) is 17.5 Å². The highest BCUT2D eigenvalue weighted by Crippen LogP contribution is 2.26. The number of thiophene rings is 1. The Balaban J connectivity index is 2.18. The lowest BCUT2D eigenvalue weighted by Gasteiger charge is -2.22. The molecule has 1 N–H and O–H groups in total. The average Bonchev–Trinajstić information content (AvgIpc) is 2.93. The molecule has 0 unspecified atom stereocenters. The monoisotopic (exact) mass is 253 g/mol. The summed E-state index contributed by atoms with van der Waals surface area (Å²) in [7, 11) is 0. The molecule has 17 heavy (non-hydrogen) atoms. The molecule has 1 fully saturated rings. The topological polar surface area (TPSA) is 40.5 Å². The molecule has 1 aromatic heterocycles. The van der Waals surface area contributed by atoms with Crippen LogP contribution in [0.1, 0.15) is 39.9 Å². The Morgan fingerprint density at radius 2 is 2.41 bits per heavy atom. The Hall–Kier alpha value is -0.870. The van der Waals surface area contributed by atoms with Crippen molar-refractivity contribution in [3.05, 3.63) is 21.4 Å². The summed E-state index contributed by atoms with van der Waals surface area (Å²) in [5.41, 5.74) is 1.26. The van der Waals surface area contributed by atoms with Gasteiger partial charge in [0.2, 0.25) is 0 Å². The molecule has 2 heterocycles. The third-order valence-corrected chi connectivity index (χ3v) is 4.54. The quantitative estimate of drug-likeness (QED) is 0.897. The van der Waals surface area contributed by atoms with Crippen LogP contribution in [0, 0.1) is 6.92 Å². The van der Waals surface area contributed by atoms with Crippen molar-refractivity contribution in [2.45, 2.75) is 39.2 Å². The molecule has 2 rings (SSSR count). The van der Waals surface area contributed by atoms with Gasteiger partial charge >= 0.3 is 0 Å². The summed E-state index contributed by atoms with van der Waals surface area (Å²) in [6.07, 6.45) is 2.90. The molecule has 4 heteroatoms. The van der Waals surface area contributed by atoms with E-state index in [0.717, 1.165) is 30.7 Å². The minimum absolute atomic E-state index is 0.0231. The second kappa shape index (κ2) is 5.19. The van der Waals surface area contributed by atoms with Crippen molar-refractivity contribution < 1.29 is 9.90 Å². The number of hydrogen-bond acceptors (Lipinski definition) is 3. The summed E-state index contributed by atoms with van der Waals surface area (Å²) in [4.78, 5) is 16.2. The zero-order valence-corrected chi connectivity index (χ0v) is 11.2. The van der Waals surface area contributed by atoms with Crippen LogP contribution in [0.5, 0.6) is 0 Å². The SMILES string of the molecule is CCc1cc(C(=O)N2CCC[C@@H]2CO)sc1C. The van der Waals surface area contributed by atoms with E-state index in [2.05, 4.69) is 13.8 Å². The molecule has 0 radical (unpaired) electrons. The van der Waals surface area contributed by atoms with E-state index in [-0.39, 0.29) is 18.6 Å². The molecule has 3 nitrogen and oxygen atoms in total. The van der Waals surface area contributed by atoms with Crippen molar-refractivity contribution >= 4 is 17.2 Å². The molecular formula is C13H19NO2S. The van der Waals surface area contributed by atoms with Gasteiger partial charge in [-0.2, -0.15) is 0 Å². The molecule has 1 saturated heterocycles. The first-order valence-electron chi connectivity index (χ1n) is 6.18. The second-order valence-corrected chi connectivity index (χ2v) is 5.78. The molecule has 94 valence electrons.